The molecule has 2 aliphatic heterocycles. The van der Waals surface area contributed by atoms with Gasteiger partial charge in [0.05, 0.1) is 30.4 Å². The highest BCUT2D eigenvalue weighted by Crippen LogP contribution is 2.35. The molecule has 144 valence electrons. The van der Waals surface area contributed by atoms with Gasteiger partial charge in [-0.05, 0) is 30.3 Å². The van der Waals surface area contributed by atoms with Gasteiger partial charge in [-0.25, -0.2) is 4.98 Å². The number of carbonyl (C=O) groups is 1. The molecule has 0 radical (unpaired) electrons. The Labute approximate surface area is 165 Å². The van der Waals surface area contributed by atoms with Gasteiger partial charge in [0.15, 0.2) is 11.5 Å². The van der Waals surface area contributed by atoms with Gasteiger partial charge in [0, 0.05) is 17.8 Å². The number of aromatic nitrogens is 3. The van der Waals surface area contributed by atoms with E-state index in [-0.39, 0.29) is 18.8 Å². The molecule has 9 nitrogen and oxygen atoms in total. The van der Waals surface area contributed by atoms with E-state index in [1.54, 1.807) is 23.1 Å². The molecule has 0 unspecified atom stereocenters. The molecule has 1 N–H and O–H groups in total. The Kier molecular flexibility index (Phi) is 4.02. The normalized spacial score (nSPS) is 14.9. The van der Waals surface area contributed by atoms with E-state index in [2.05, 4.69) is 15.2 Å². The molecule has 1 aromatic carbocycles. The third-order valence-electron chi connectivity index (χ3n) is 4.76. The number of ether oxygens (including phenoxy) is 3. The number of nitrogens with zero attached hydrogens (tertiary/aromatic N) is 4. The number of nitriles is 1. The van der Waals surface area contributed by atoms with Gasteiger partial charge >= 0.3 is 0 Å². The topological polar surface area (TPSA) is 113 Å². The van der Waals surface area contributed by atoms with Crippen molar-refractivity contribution in [1.29, 1.82) is 5.26 Å². The fourth-order valence-electron chi connectivity index (χ4n) is 3.20. The zero-order chi connectivity index (χ0) is 19.8. The maximum atomic E-state index is 12.7. The molecule has 9 heteroatoms. The van der Waals surface area contributed by atoms with Crippen molar-refractivity contribution in [3.8, 4) is 34.7 Å². The zero-order valence-electron chi connectivity index (χ0n) is 15.2. The van der Waals surface area contributed by atoms with Gasteiger partial charge in [0.25, 0.3) is 5.91 Å². The molecule has 0 spiro atoms. The maximum absolute atomic E-state index is 12.7. The van der Waals surface area contributed by atoms with Gasteiger partial charge < -0.3 is 19.1 Å². The van der Waals surface area contributed by atoms with Crippen LogP contribution in [0.2, 0.25) is 0 Å². The van der Waals surface area contributed by atoms with Crippen LogP contribution in [0, 0.1) is 11.3 Å². The first-order chi connectivity index (χ1) is 14.2. The molecule has 2 aromatic heterocycles. The van der Waals surface area contributed by atoms with Crippen LogP contribution < -0.4 is 14.2 Å². The Bertz CT molecular complexity index is 1130. The molecule has 0 aliphatic carbocycles. The second-order valence-electron chi connectivity index (χ2n) is 6.68. The first-order valence-electron chi connectivity index (χ1n) is 8.97. The number of amides is 1. The van der Waals surface area contributed by atoms with Crippen LogP contribution in [0.15, 0.2) is 42.6 Å². The van der Waals surface area contributed by atoms with Gasteiger partial charge in [0.2, 0.25) is 12.7 Å². The van der Waals surface area contributed by atoms with Crippen LogP contribution in [-0.4, -0.2) is 52.0 Å². The fourth-order valence-corrected chi connectivity index (χ4v) is 3.20. The van der Waals surface area contributed by atoms with Crippen LogP contribution in [0.3, 0.4) is 0 Å². The van der Waals surface area contributed by atoms with Crippen LogP contribution in [0.25, 0.3) is 11.3 Å². The SMILES string of the molecule is N#Cc1ccnc(OC2CN(C(=O)c3cc(-c4ccc5c(c4)OCO5)n[nH]3)C2)c1. The molecule has 0 saturated carbocycles. The lowest BCUT2D eigenvalue weighted by atomic mass is 10.1. The minimum atomic E-state index is -0.156. The van der Waals surface area contributed by atoms with Crippen molar-refractivity contribution in [2.24, 2.45) is 0 Å². The summed E-state index contributed by atoms with van der Waals surface area (Å²) < 4.78 is 16.4. The highest BCUT2D eigenvalue weighted by atomic mass is 16.7. The van der Waals surface area contributed by atoms with Crippen LogP contribution in [0.1, 0.15) is 16.1 Å². The number of aromatic amines is 1. The van der Waals surface area contributed by atoms with E-state index in [0.717, 1.165) is 5.56 Å². The molecule has 0 atom stereocenters. The van der Waals surface area contributed by atoms with Gasteiger partial charge in [-0.1, -0.05) is 0 Å². The third-order valence-corrected chi connectivity index (χ3v) is 4.76. The van der Waals surface area contributed by atoms with Gasteiger partial charge in [0.1, 0.15) is 11.8 Å². The van der Waals surface area contributed by atoms with Crippen molar-refractivity contribution in [1.82, 2.24) is 20.1 Å². The van der Waals surface area contributed by atoms with Crippen LogP contribution in [0.5, 0.6) is 17.4 Å². The summed E-state index contributed by atoms with van der Waals surface area (Å²) in [6.07, 6.45) is 1.37. The molecule has 5 rings (SSSR count). The van der Waals surface area contributed by atoms with E-state index in [4.69, 9.17) is 19.5 Å². The summed E-state index contributed by atoms with van der Waals surface area (Å²) in [7, 11) is 0. The molecule has 2 aliphatic rings. The number of hydrogen-bond donors (Lipinski definition) is 1. The van der Waals surface area contributed by atoms with Gasteiger partial charge in [-0.15, -0.1) is 0 Å². The molecule has 4 heterocycles. The minimum Gasteiger partial charge on any atom is -0.471 e. The van der Waals surface area contributed by atoms with E-state index in [0.29, 0.717) is 47.4 Å². The Balaban J connectivity index is 1.22. The van der Waals surface area contributed by atoms with Crippen molar-refractivity contribution < 1.29 is 19.0 Å². The summed E-state index contributed by atoms with van der Waals surface area (Å²) in [4.78, 5) is 18.4. The van der Waals surface area contributed by atoms with Crippen molar-refractivity contribution in [2.45, 2.75) is 6.10 Å². The molecular formula is C20H15N5O4. The predicted octanol–water partition coefficient (Wildman–Crippen LogP) is 1.98. The quantitative estimate of drug-likeness (QED) is 0.726. The van der Waals surface area contributed by atoms with E-state index >= 15 is 0 Å². The number of hydrogen-bond acceptors (Lipinski definition) is 7. The highest BCUT2D eigenvalue weighted by Gasteiger charge is 2.34. The lowest BCUT2D eigenvalue weighted by Gasteiger charge is -2.38. The molecule has 1 amide bonds. The summed E-state index contributed by atoms with van der Waals surface area (Å²) in [5.41, 5.74) is 2.37. The van der Waals surface area contributed by atoms with Crippen LogP contribution >= 0.6 is 0 Å². The predicted molar refractivity (Wildman–Crippen MR) is 99.4 cm³/mol. The van der Waals surface area contributed by atoms with E-state index in [1.165, 1.54) is 6.20 Å². The van der Waals surface area contributed by atoms with Gasteiger partial charge in [-0.2, -0.15) is 10.4 Å². The lowest BCUT2D eigenvalue weighted by Crippen LogP contribution is -2.56. The number of benzene rings is 1. The Hall–Kier alpha value is -4.06. The van der Waals surface area contributed by atoms with E-state index < -0.39 is 0 Å². The maximum Gasteiger partial charge on any atom is 0.272 e. The Morgan fingerprint density at radius 1 is 1.21 bits per heavy atom. The number of nitrogens with one attached hydrogen (secondary N) is 1. The van der Waals surface area contributed by atoms with E-state index in [1.807, 2.05) is 24.3 Å². The molecule has 1 fully saturated rings. The van der Waals surface area contributed by atoms with E-state index in [9.17, 15) is 4.79 Å². The minimum absolute atomic E-state index is 0.150. The smallest absolute Gasteiger partial charge is 0.272 e. The second-order valence-corrected chi connectivity index (χ2v) is 6.68. The van der Waals surface area contributed by atoms with Crippen molar-refractivity contribution in [3.05, 3.63) is 53.9 Å². The van der Waals surface area contributed by atoms with Crippen molar-refractivity contribution >= 4 is 5.91 Å². The summed E-state index contributed by atoms with van der Waals surface area (Å²) in [5.74, 6) is 1.59. The largest absolute Gasteiger partial charge is 0.471 e. The Morgan fingerprint density at radius 3 is 2.93 bits per heavy atom. The number of fused-ring (bicyclic) bond motifs is 1. The fraction of sp³-hybridized carbons (Fsp3) is 0.200. The van der Waals surface area contributed by atoms with Crippen LogP contribution in [-0.2, 0) is 0 Å². The third kappa shape index (κ3) is 3.21. The number of H-pyrrole nitrogens is 1. The highest BCUT2D eigenvalue weighted by molar-refractivity contribution is 5.94. The molecule has 29 heavy (non-hydrogen) atoms. The number of pyridine rings is 1. The number of likely N-dealkylation sites (tertiary alicyclic amines) is 1. The van der Waals surface area contributed by atoms with Crippen molar-refractivity contribution in [3.63, 3.8) is 0 Å². The molecule has 1 saturated heterocycles. The summed E-state index contributed by atoms with van der Waals surface area (Å²) >= 11 is 0. The average Bonchev–Trinajstić information content (AvgIpc) is 3.39. The number of rotatable bonds is 4. The summed E-state index contributed by atoms with van der Waals surface area (Å²) in [5, 5.41) is 16.0. The van der Waals surface area contributed by atoms with Crippen molar-refractivity contribution in [2.75, 3.05) is 19.9 Å². The average molecular weight is 389 g/mol. The first kappa shape index (κ1) is 17.1. The Morgan fingerprint density at radius 2 is 2.07 bits per heavy atom. The van der Waals surface area contributed by atoms with Gasteiger partial charge in [-0.3, -0.25) is 9.89 Å². The summed E-state index contributed by atoms with van der Waals surface area (Å²) in [6, 6.07) is 12.5. The standard InChI is InChI=1S/C20H15N5O4/c21-8-12-3-4-22-19(5-12)29-14-9-25(10-14)20(26)16-7-15(23-24-16)13-1-2-17-18(6-13)28-11-27-17/h1-7,14H,9-11H2,(H,23,24). The van der Waals surface area contributed by atoms with Crippen LogP contribution in [0.4, 0.5) is 0 Å². The zero-order valence-corrected chi connectivity index (χ0v) is 15.2. The number of carbonyl (C=O) groups excluding carboxylic acids is 1. The molecule has 0 bridgehead atoms. The second kappa shape index (κ2) is 6.83. The summed E-state index contributed by atoms with van der Waals surface area (Å²) in [6.45, 7) is 1.09. The monoisotopic (exact) mass is 389 g/mol. The first-order valence-corrected chi connectivity index (χ1v) is 8.97. The lowest BCUT2D eigenvalue weighted by molar-refractivity contribution is 0.0155. The molecular weight excluding hydrogens is 374 g/mol. The molecule has 3 aromatic rings.